The molecule has 28 heavy (non-hydrogen) atoms. The van der Waals surface area contributed by atoms with E-state index in [4.69, 9.17) is 4.74 Å². The third-order valence-electron chi connectivity index (χ3n) is 4.84. The second-order valence-electron chi connectivity index (χ2n) is 6.75. The van der Waals surface area contributed by atoms with E-state index in [1.54, 1.807) is 13.8 Å². The van der Waals surface area contributed by atoms with Crippen LogP contribution in [0.15, 0.2) is 23.1 Å². The molecule has 1 saturated carbocycles. The summed E-state index contributed by atoms with van der Waals surface area (Å²) in [5, 5.41) is 12.8. The molecule has 0 heterocycles. The van der Waals surface area contributed by atoms with Crippen molar-refractivity contribution in [3.8, 4) is 5.75 Å². The number of carbonyl (C=O) groups is 2. The molecule has 0 radical (unpaired) electrons. The average Bonchev–Trinajstić information content (AvgIpc) is 2.68. The highest BCUT2D eigenvalue weighted by Gasteiger charge is 2.25. The predicted octanol–water partition coefficient (Wildman–Crippen LogP) is 2.03. The molecule has 0 spiro atoms. The van der Waals surface area contributed by atoms with Crippen LogP contribution in [-0.2, 0) is 19.6 Å². The summed E-state index contributed by atoms with van der Waals surface area (Å²) in [6.45, 7) is 3.49. The number of phenolic OH excluding ortho intramolecular Hbond substituents is 1. The Morgan fingerprint density at radius 2 is 1.82 bits per heavy atom. The highest BCUT2D eigenvalue weighted by molar-refractivity contribution is 7.89. The van der Waals surface area contributed by atoms with Gasteiger partial charge in [-0.15, -0.1) is 0 Å². The molecule has 8 nitrogen and oxygen atoms in total. The van der Waals surface area contributed by atoms with Crippen molar-refractivity contribution in [3.63, 3.8) is 0 Å². The lowest BCUT2D eigenvalue weighted by atomic mass is 9.95. The summed E-state index contributed by atoms with van der Waals surface area (Å²) in [5.74, 6) is -1.77. The van der Waals surface area contributed by atoms with Crippen LogP contribution in [0.25, 0.3) is 0 Å². The highest BCUT2D eigenvalue weighted by Crippen LogP contribution is 2.24. The summed E-state index contributed by atoms with van der Waals surface area (Å²) in [7, 11) is -3.79. The van der Waals surface area contributed by atoms with Crippen molar-refractivity contribution in [2.75, 3.05) is 19.7 Å². The lowest BCUT2D eigenvalue weighted by molar-refractivity contribution is -0.125. The molecule has 1 aliphatic carbocycles. The van der Waals surface area contributed by atoms with Gasteiger partial charge >= 0.3 is 5.97 Å². The number of rotatable bonds is 8. The predicted molar refractivity (Wildman–Crippen MR) is 104 cm³/mol. The van der Waals surface area contributed by atoms with E-state index < -0.39 is 34.3 Å². The Balaban J connectivity index is 2.05. The van der Waals surface area contributed by atoms with Crippen LogP contribution in [0.5, 0.6) is 5.75 Å². The Morgan fingerprint density at radius 3 is 2.43 bits per heavy atom. The van der Waals surface area contributed by atoms with Crippen molar-refractivity contribution in [3.05, 3.63) is 23.8 Å². The molecule has 1 aromatic carbocycles. The zero-order valence-electron chi connectivity index (χ0n) is 16.3. The van der Waals surface area contributed by atoms with Crippen molar-refractivity contribution in [1.82, 2.24) is 9.62 Å². The topological polar surface area (TPSA) is 113 Å². The first-order valence-corrected chi connectivity index (χ1v) is 11.0. The smallest absolute Gasteiger partial charge is 0.342 e. The number of nitrogens with one attached hydrogen (secondary N) is 1. The van der Waals surface area contributed by atoms with Crippen LogP contribution in [-0.4, -0.2) is 55.4 Å². The van der Waals surface area contributed by atoms with E-state index in [-0.39, 0.29) is 29.6 Å². The Bertz CT molecular complexity index is 799. The van der Waals surface area contributed by atoms with Gasteiger partial charge in [-0.3, -0.25) is 4.79 Å². The normalized spacial score (nSPS) is 15.4. The van der Waals surface area contributed by atoms with Crippen LogP contribution in [0.2, 0.25) is 0 Å². The lowest BCUT2D eigenvalue weighted by Gasteiger charge is -2.22. The Hall–Kier alpha value is -2.13. The largest absolute Gasteiger partial charge is 0.507 e. The third-order valence-corrected chi connectivity index (χ3v) is 6.88. The molecule has 9 heteroatoms. The third kappa shape index (κ3) is 5.45. The number of hydrogen-bond acceptors (Lipinski definition) is 6. The number of hydrogen-bond donors (Lipinski definition) is 2. The number of sulfonamides is 1. The first-order chi connectivity index (χ1) is 13.3. The van der Waals surface area contributed by atoms with Crippen LogP contribution in [0.4, 0.5) is 0 Å². The number of ether oxygens (including phenoxy) is 1. The number of phenols is 1. The second kappa shape index (κ2) is 9.88. The van der Waals surface area contributed by atoms with Gasteiger partial charge < -0.3 is 15.2 Å². The minimum atomic E-state index is -3.79. The summed E-state index contributed by atoms with van der Waals surface area (Å²) in [4.78, 5) is 24.1. The molecule has 1 aliphatic rings. The zero-order chi connectivity index (χ0) is 20.7. The highest BCUT2D eigenvalue weighted by atomic mass is 32.2. The number of nitrogens with zero attached hydrogens (tertiary/aromatic N) is 1. The van der Waals surface area contributed by atoms with Gasteiger partial charge in [0.25, 0.3) is 5.91 Å². The molecule has 1 amide bonds. The fourth-order valence-corrected chi connectivity index (χ4v) is 4.76. The van der Waals surface area contributed by atoms with Gasteiger partial charge in [0.05, 0.1) is 4.90 Å². The molecule has 1 fully saturated rings. The summed E-state index contributed by atoms with van der Waals surface area (Å²) < 4.78 is 31.4. The molecule has 0 aromatic heterocycles. The van der Waals surface area contributed by atoms with E-state index in [9.17, 15) is 23.1 Å². The summed E-state index contributed by atoms with van der Waals surface area (Å²) >= 11 is 0. The molecule has 156 valence electrons. The zero-order valence-corrected chi connectivity index (χ0v) is 17.1. The van der Waals surface area contributed by atoms with Gasteiger partial charge in [-0.05, 0) is 31.0 Å². The van der Waals surface area contributed by atoms with Crippen molar-refractivity contribution >= 4 is 21.9 Å². The molecular weight excluding hydrogens is 384 g/mol. The quantitative estimate of drug-likeness (QED) is 0.632. The fraction of sp³-hybridized carbons (Fsp3) is 0.579. The Morgan fingerprint density at radius 1 is 1.18 bits per heavy atom. The minimum absolute atomic E-state index is 0.0934. The van der Waals surface area contributed by atoms with E-state index in [0.717, 1.165) is 44.2 Å². The van der Waals surface area contributed by atoms with Crippen LogP contribution in [0, 0.1) is 0 Å². The molecule has 0 aliphatic heterocycles. The second-order valence-corrected chi connectivity index (χ2v) is 8.68. The van der Waals surface area contributed by atoms with E-state index in [1.165, 1.54) is 10.4 Å². The van der Waals surface area contributed by atoms with Gasteiger partial charge in [0.15, 0.2) is 6.61 Å². The first-order valence-electron chi connectivity index (χ1n) is 9.59. The van der Waals surface area contributed by atoms with Gasteiger partial charge in [0, 0.05) is 19.1 Å². The number of esters is 1. The molecule has 2 N–H and O–H groups in total. The Labute approximate surface area is 165 Å². The van der Waals surface area contributed by atoms with Gasteiger partial charge in [0.2, 0.25) is 10.0 Å². The molecule has 0 unspecified atom stereocenters. The number of carbonyl (C=O) groups excluding carboxylic acids is 2. The SMILES string of the molecule is CCN(CC)S(=O)(=O)c1ccc(O)c(C(=O)OCC(=O)NC2CCCCC2)c1. The van der Waals surface area contributed by atoms with Crippen LogP contribution < -0.4 is 5.32 Å². The summed E-state index contributed by atoms with van der Waals surface area (Å²) in [5.41, 5.74) is -0.293. The van der Waals surface area contributed by atoms with E-state index in [2.05, 4.69) is 5.32 Å². The standard InChI is InChI=1S/C19H28N2O6S/c1-3-21(4-2)28(25,26)15-10-11-17(22)16(12-15)19(24)27-13-18(23)20-14-8-6-5-7-9-14/h10-12,14,22H,3-9,13H2,1-2H3,(H,20,23). The number of benzene rings is 1. The van der Waals surface area contributed by atoms with Gasteiger partial charge in [0.1, 0.15) is 11.3 Å². The van der Waals surface area contributed by atoms with E-state index >= 15 is 0 Å². The van der Waals surface area contributed by atoms with E-state index in [1.807, 2.05) is 0 Å². The maximum absolute atomic E-state index is 12.6. The summed E-state index contributed by atoms with van der Waals surface area (Å²) in [6, 6.07) is 3.53. The molecule has 2 rings (SSSR count). The molecule has 0 atom stereocenters. The summed E-state index contributed by atoms with van der Waals surface area (Å²) in [6.07, 6.45) is 5.10. The molecule has 0 saturated heterocycles. The van der Waals surface area contributed by atoms with Crippen molar-refractivity contribution in [2.45, 2.75) is 56.9 Å². The van der Waals surface area contributed by atoms with Crippen molar-refractivity contribution < 1.29 is 27.9 Å². The number of amides is 1. The minimum Gasteiger partial charge on any atom is -0.507 e. The Kier molecular flexibility index (Phi) is 7.82. The van der Waals surface area contributed by atoms with Crippen LogP contribution in [0.3, 0.4) is 0 Å². The molecule has 0 bridgehead atoms. The van der Waals surface area contributed by atoms with Gasteiger partial charge in [-0.2, -0.15) is 4.31 Å². The van der Waals surface area contributed by atoms with Gasteiger partial charge in [-0.25, -0.2) is 13.2 Å². The maximum atomic E-state index is 12.6. The van der Waals surface area contributed by atoms with Crippen LogP contribution >= 0.6 is 0 Å². The average molecular weight is 413 g/mol. The van der Waals surface area contributed by atoms with Crippen molar-refractivity contribution in [1.29, 1.82) is 0 Å². The molecule has 1 aromatic rings. The monoisotopic (exact) mass is 412 g/mol. The maximum Gasteiger partial charge on any atom is 0.342 e. The first kappa shape index (κ1) is 22.2. The molecular formula is C19H28N2O6S. The number of aromatic hydroxyl groups is 1. The van der Waals surface area contributed by atoms with Crippen molar-refractivity contribution in [2.24, 2.45) is 0 Å². The fourth-order valence-electron chi connectivity index (χ4n) is 3.28. The lowest BCUT2D eigenvalue weighted by Crippen LogP contribution is -2.38. The van der Waals surface area contributed by atoms with Gasteiger partial charge in [-0.1, -0.05) is 33.1 Å². The van der Waals surface area contributed by atoms with Crippen LogP contribution in [0.1, 0.15) is 56.3 Å². The van der Waals surface area contributed by atoms with E-state index in [0.29, 0.717) is 0 Å².